The molecule has 2 heterocycles. The quantitative estimate of drug-likeness (QED) is 0.758. The average molecular weight is 311 g/mol. The van der Waals surface area contributed by atoms with Gasteiger partial charge in [0.15, 0.2) is 11.5 Å². The topological polar surface area (TPSA) is 71.5 Å². The summed E-state index contributed by atoms with van der Waals surface area (Å²) in [5.74, 6) is 0.704. The van der Waals surface area contributed by atoms with Crippen LogP contribution in [-0.4, -0.2) is 31.2 Å². The van der Waals surface area contributed by atoms with Gasteiger partial charge < -0.3 is 19.2 Å². The zero-order valence-corrected chi connectivity index (χ0v) is 12.7. The van der Waals surface area contributed by atoms with Crippen molar-refractivity contribution in [2.45, 2.75) is 0 Å². The number of hydrogen-bond acceptors (Lipinski definition) is 5. The van der Waals surface area contributed by atoms with Gasteiger partial charge in [-0.25, -0.2) is 0 Å². The molecule has 0 radical (unpaired) electrons. The molecule has 0 bridgehead atoms. The Balaban J connectivity index is 1.52. The molecule has 0 fully saturated rings. The van der Waals surface area contributed by atoms with Crippen molar-refractivity contribution in [1.29, 1.82) is 0 Å². The number of hydrogen-bond donors (Lipinski definition) is 1. The Morgan fingerprint density at radius 1 is 1.17 bits per heavy atom. The Hall–Kier alpha value is -3.02. The van der Waals surface area contributed by atoms with Gasteiger partial charge in [-0.3, -0.25) is 4.79 Å². The van der Waals surface area contributed by atoms with Crippen LogP contribution in [0.2, 0.25) is 0 Å². The zero-order valence-electron chi connectivity index (χ0n) is 12.7. The molecule has 3 aromatic rings. The van der Waals surface area contributed by atoms with Crippen LogP contribution < -0.4 is 10.2 Å². The smallest absolute Gasteiger partial charge is 0.273 e. The highest BCUT2D eigenvalue weighted by Gasteiger charge is 2.14. The van der Waals surface area contributed by atoms with Crippen LogP contribution in [-0.2, 0) is 0 Å². The summed E-state index contributed by atoms with van der Waals surface area (Å²) in [6.07, 6.45) is 1.54. The van der Waals surface area contributed by atoms with Crippen LogP contribution in [0.5, 0.6) is 0 Å². The fourth-order valence-corrected chi connectivity index (χ4v) is 2.16. The Morgan fingerprint density at radius 2 is 2.00 bits per heavy atom. The first-order chi connectivity index (χ1) is 11.2. The highest BCUT2D eigenvalue weighted by atomic mass is 16.5. The summed E-state index contributed by atoms with van der Waals surface area (Å²) >= 11 is 0. The first-order valence-corrected chi connectivity index (χ1v) is 7.29. The Bertz CT molecular complexity index is 751. The SMILES string of the molecule is CN(CCNC(=O)c1cc(-c2ccco2)on1)c1ccccc1. The maximum atomic E-state index is 12.1. The monoisotopic (exact) mass is 311 g/mol. The average Bonchev–Trinajstić information content (AvgIpc) is 3.26. The van der Waals surface area contributed by atoms with Crippen LogP contribution >= 0.6 is 0 Å². The van der Waals surface area contributed by atoms with Gasteiger partial charge in [-0.05, 0) is 24.3 Å². The molecule has 0 aliphatic rings. The van der Waals surface area contributed by atoms with E-state index in [4.69, 9.17) is 8.94 Å². The van der Waals surface area contributed by atoms with Crippen LogP contribution in [0.25, 0.3) is 11.5 Å². The van der Waals surface area contributed by atoms with Crippen LogP contribution in [0.3, 0.4) is 0 Å². The number of nitrogens with zero attached hydrogens (tertiary/aromatic N) is 2. The molecule has 3 rings (SSSR count). The molecule has 118 valence electrons. The number of nitrogens with one attached hydrogen (secondary N) is 1. The summed E-state index contributed by atoms with van der Waals surface area (Å²) < 4.78 is 10.3. The van der Waals surface area contributed by atoms with E-state index in [1.165, 1.54) is 6.26 Å². The lowest BCUT2D eigenvalue weighted by atomic mass is 10.3. The number of likely N-dealkylation sites (N-methyl/N-ethyl adjacent to an activating group) is 1. The van der Waals surface area contributed by atoms with Crippen molar-refractivity contribution in [3.8, 4) is 11.5 Å². The van der Waals surface area contributed by atoms with E-state index in [-0.39, 0.29) is 11.6 Å². The van der Waals surface area contributed by atoms with Crippen molar-refractivity contribution in [1.82, 2.24) is 10.5 Å². The number of para-hydroxylation sites is 1. The van der Waals surface area contributed by atoms with E-state index in [9.17, 15) is 4.79 Å². The molecule has 0 aliphatic carbocycles. The normalized spacial score (nSPS) is 10.5. The van der Waals surface area contributed by atoms with Crippen LogP contribution in [0.15, 0.2) is 63.7 Å². The van der Waals surface area contributed by atoms with Gasteiger partial charge in [-0.2, -0.15) is 0 Å². The van der Waals surface area contributed by atoms with Crippen molar-refractivity contribution in [3.63, 3.8) is 0 Å². The first-order valence-electron chi connectivity index (χ1n) is 7.29. The predicted molar refractivity (Wildman–Crippen MR) is 86.3 cm³/mol. The van der Waals surface area contributed by atoms with Gasteiger partial charge in [0.05, 0.1) is 6.26 Å². The van der Waals surface area contributed by atoms with Gasteiger partial charge in [-0.15, -0.1) is 0 Å². The third kappa shape index (κ3) is 3.60. The Morgan fingerprint density at radius 3 is 2.74 bits per heavy atom. The summed E-state index contributed by atoms with van der Waals surface area (Å²) in [4.78, 5) is 14.1. The van der Waals surface area contributed by atoms with Crippen LogP contribution in [0.4, 0.5) is 5.69 Å². The maximum absolute atomic E-state index is 12.1. The Kier molecular flexibility index (Phi) is 4.42. The molecule has 2 aromatic heterocycles. The van der Waals surface area contributed by atoms with Gasteiger partial charge in [0.25, 0.3) is 5.91 Å². The number of aromatic nitrogens is 1. The fraction of sp³-hybridized carbons (Fsp3) is 0.176. The summed E-state index contributed by atoms with van der Waals surface area (Å²) in [7, 11) is 1.98. The van der Waals surface area contributed by atoms with E-state index >= 15 is 0 Å². The number of carbonyl (C=O) groups excluding carboxylic acids is 1. The van der Waals surface area contributed by atoms with Crippen LogP contribution in [0, 0.1) is 0 Å². The second-order valence-electron chi connectivity index (χ2n) is 5.07. The molecule has 6 heteroatoms. The van der Waals surface area contributed by atoms with E-state index in [0.717, 1.165) is 5.69 Å². The molecule has 1 amide bonds. The molecule has 0 unspecified atom stereocenters. The highest BCUT2D eigenvalue weighted by molar-refractivity contribution is 5.92. The summed E-state index contributed by atoms with van der Waals surface area (Å²) in [5.41, 5.74) is 1.34. The number of anilines is 1. The molecule has 23 heavy (non-hydrogen) atoms. The van der Waals surface area contributed by atoms with Crippen molar-refractivity contribution < 1.29 is 13.7 Å². The second kappa shape index (κ2) is 6.83. The number of furan rings is 1. The van der Waals surface area contributed by atoms with Gasteiger partial charge in [-0.1, -0.05) is 23.4 Å². The van der Waals surface area contributed by atoms with E-state index in [1.807, 2.05) is 37.4 Å². The van der Waals surface area contributed by atoms with Crippen molar-refractivity contribution in [2.24, 2.45) is 0 Å². The van der Waals surface area contributed by atoms with E-state index in [2.05, 4.69) is 15.4 Å². The van der Waals surface area contributed by atoms with Crippen molar-refractivity contribution >= 4 is 11.6 Å². The molecule has 6 nitrogen and oxygen atoms in total. The summed E-state index contributed by atoms with van der Waals surface area (Å²) in [6, 6.07) is 15.0. The minimum absolute atomic E-state index is 0.235. The maximum Gasteiger partial charge on any atom is 0.273 e. The summed E-state index contributed by atoms with van der Waals surface area (Å²) in [6.45, 7) is 1.20. The number of benzene rings is 1. The van der Waals surface area contributed by atoms with E-state index in [0.29, 0.717) is 24.6 Å². The van der Waals surface area contributed by atoms with Crippen molar-refractivity contribution in [2.75, 3.05) is 25.0 Å². The molecule has 0 spiro atoms. The zero-order chi connectivity index (χ0) is 16.1. The molecule has 1 aromatic carbocycles. The van der Waals surface area contributed by atoms with Gasteiger partial charge in [0, 0.05) is 31.9 Å². The highest BCUT2D eigenvalue weighted by Crippen LogP contribution is 2.20. The number of rotatable bonds is 6. The minimum Gasteiger partial charge on any atom is -0.461 e. The molecule has 0 saturated heterocycles. The second-order valence-corrected chi connectivity index (χ2v) is 5.07. The molecule has 0 saturated carbocycles. The molecular weight excluding hydrogens is 294 g/mol. The van der Waals surface area contributed by atoms with Gasteiger partial charge in [0.1, 0.15) is 0 Å². The molecule has 0 aliphatic heterocycles. The largest absolute Gasteiger partial charge is 0.461 e. The predicted octanol–water partition coefficient (Wildman–Crippen LogP) is 2.80. The van der Waals surface area contributed by atoms with Gasteiger partial charge >= 0.3 is 0 Å². The summed E-state index contributed by atoms with van der Waals surface area (Å²) in [5, 5.41) is 6.59. The van der Waals surface area contributed by atoms with Gasteiger partial charge in [0.2, 0.25) is 5.76 Å². The van der Waals surface area contributed by atoms with Crippen molar-refractivity contribution in [3.05, 3.63) is 60.5 Å². The molecule has 1 N–H and O–H groups in total. The third-order valence-corrected chi connectivity index (χ3v) is 3.44. The van der Waals surface area contributed by atoms with E-state index in [1.54, 1.807) is 18.2 Å². The lowest BCUT2D eigenvalue weighted by Crippen LogP contribution is -2.33. The Labute approximate surface area is 133 Å². The lowest BCUT2D eigenvalue weighted by molar-refractivity contribution is 0.0946. The minimum atomic E-state index is -0.270. The standard InChI is InChI=1S/C17H17N3O3/c1-20(13-6-3-2-4-7-13)10-9-18-17(21)14-12-16(23-19-14)15-8-5-11-22-15/h2-8,11-12H,9-10H2,1H3,(H,18,21). The molecular formula is C17H17N3O3. The number of carbonyl (C=O) groups is 1. The fourth-order valence-electron chi connectivity index (χ4n) is 2.16. The van der Waals surface area contributed by atoms with E-state index < -0.39 is 0 Å². The lowest BCUT2D eigenvalue weighted by Gasteiger charge is -2.19. The van der Waals surface area contributed by atoms with Crippen LogP contribution in [0.1, 0.15) is 10.5 Å². The third-order valence-electron chi connectivity index (χ3n) is 3.44. The molecule has 0 atom stereocenters. The first kappa shape index (κ1) is 14.9. The number of amides is 1.